The lowest BCUT2D eigenvalue weighted by molar-refractivity contribution is 0.497. The number of aromatic nitrogens is 7. The summed E-state index contributed by atoms with van der Waals surface area (Å²) >= 11 is 0. The lowest BCUT2D eigenvalue weighted by Crippen LogP contribution is -2.40. The van der Waals surface area contributed by atoms with E-state index >= 15 is 0 Å². The standard InChI is InChI=1S/C21H21FN8/c1-4-16-20-27-25-12-29(20)17-11-24-21(26-19(17)30(16)13(2)3)28-9-8-23-18(28)14-6-5-7-15(22)10-14/h5-13,16H,4H2,1-3H3/t16-/m0/s1/i1D3,2D3,3D3,4D2,13D. The Morgan fingerprint density at radius 3 is 3.07 bits per heavy atom. The fourth-order valence-electron chi connectivity index (χ4n) is 3.34. The zero-order valence-electron chi connectivity index (χ0n) is 27.2. The maximum atomic E-state index is 14.0. The molecule has 0 saturated heterocycles. The van der Waals surface area contributed by atoms with E-state index in [1.807, 2.05) is 0 Å². The minimum Gasteiger partial charge on any atom is -0.342 e. The van der Waals surface area contributed by atoms with Gasteiger partial charge >= 0.3 is 0 Å². The summed E-state index contributed by atoms with van der Waals surface area (Å²) in [5.74, 6) is -1.75. The van der Waals surface area contributed by atoms with Crippen molar-refractivity contribution in [3.8, 4) is 23.0 Å². The van der Waals surface area contributed by atoms with Crippen LogP contribution in [-0.2, 0) is 0 Å². The Labute approximate surface area is 189 Å². The lowest BCUT2D eigenvalue weighted by Gasteiger charge is -2.39. The first kappa shape index (κ1) is 9.46. The molecule has 0 saturated carbocycles. The summed E-state index contributed by atoms with van der Waals surface area (Å²) in [4.78, 5) is 13.2. The molecule has 0 amide bonds. The molecule has 0 aliphatic carbocycles. The first-order valence-corrected chi connectivity index (χ1v) is 8.67. The number of benzene rings is 1. The van der Waals surface area contributed by atoms with Gasteiger partial charge in [0.1, 0.15) is 23.7 Å². The molecule has 4 aromatic rings. The van der Waals surface area contributed by atoms with Gasteiger partial charge in [-0.3, -0.25) is 9.13 Å². The first-order chi connectivity index (χ1) is 19.3. The molecule has 0 bridgehead atoms. The summed E-state index contributed by atoms with van der Waals surface area (Å²) in [6.45, 7) is -10.8. The van der Waals surface area contributed by atoms with Crippen molar-refractivity contribution < 1.29 is 20.8 Å². The molecule has 0 spiro atoms. The van der Waals surface area contributed by atoms with Crippen LogP contribution in [0.25, 0.3) is 23.0 Å². The Kier molecular flexibility index (Phi) is 2.21. The predicted octanol–water partition coefficient (Wildman–Crippen LogP) is 3.73. The van der Waals surface area contributed by atoms with Crippen LogP contribution in [0, 0.1) is 5.82 Å². The first-order valence-electron chi connectivity index (χ1n) is 14.7. The van der Waals surface area contributed by atoms with Crippen molar-refractivity contribution in [2.24, 2.45) is 0 Å². The Balaban J connectivity index is 1.85. The molecule has 4 heterocycles. The van der Waals surface area contributed by atoms with Crippen LogP contribution >= 0.6 is 0 Å². The van der Waals surface area contributed by atoms with Gasteiger partial charge in [-0.25, -0.2) is 14.4 Å². The Morgan fingerprint density at radius 2 is 2.23 bits per heavy atom. The number of hydrogen-bond donors (Lipinski definition) is 0. The molecule has 1 aliphatic heterocycles. The summed E-state index contributed by atoms with van der Waals surface area (Å²) in [6.07, 6.45) is 1.55. The highest BCUT2D eigenvalue weighted by Gasteiger charge is 2.35. The van der Waals surface area contributed by atoms with Gasteiger partial charge in [-0.05, 0) is 32.2 Å². The topological polar surface area (TPSA) is 77.5 Å². The summed E-state index contributed by atoms with van der Waals surface area (Å²) in [5, 5.41) is 7.51. The van der Waals surface area contributed by atoms with E-state index in [9.17, 15) is 4.39 Å². The predicted molar refractivity (Wildman–Crippen MR) is 110 cm³/mol. The fraction of sp³-hybridized carbons (Fsp3) is 0.286. The number of hydrogen-bond acceptors (Lipinski definition) is 6. The van der Waals surface area contributed by atoms with E-state index < -0.39 is 56.4 Å². The number of imidazole rings is 1. The molecule has 0 unspecified atom stereocenters. The van der Waals surface area contributed by atoms with E-state index in [2.05, 4.69) is 25.1 Å². The normalized spacial score (nSPS) is 23.4. The van der Waals surface area contributed by atoms with Gasteiger partial charge < -0.3 is 4.90 Å². The van der Waals surface area contributed by atoms with Crippen LogP contribution in [0.15, 0.2) is 49.2 Å². The highest BCUT2D eigenvalue weighted by molar-refractivity contribution is 5.63. The number of anilines is 1. The van der Waals surface area contributed by atoms with Crippen LogP contribution in [0.3, 0.4) is 0 Å². The third-order valence-corrected chi connectivity index (χ3v) is 4.62. The number of halogens is 1. The monoisotopic (exact) mass is 416 g/mol. The molecular formula is C21H21FN8. The van der Waals surface area contributed by atoms with Gasteiger partial charge in [0.15, 0.2) is 11.6 Å². The summed E-state index contributed by atoms with van der Waals surface area (Å²) in [7, 11) is 0. The van der Waals surface area contributed by atoms with Gasteiger partial charge in [0.25, 0.3) is 0 Å². The second-order valence-electron chi connectivity index (χ2n) is 6.33. The molecule has 152 valence electrons. The molecule has 1 atom stereocenters. The molecule has 0 radical (unpaired) electrons. The van der Waals surface area contributed by atoms with Crippen LogP contribution in [0.1, 0.15) is 55.2 Å². The average molecular weight is 417 g/mol. The smallest absolute Gasteiger partial charge is 0.237 e. The van der Waals surface area contributed by atoms with Crippen LogP contribution < -0.4 is 4.90 Å². The van der Waals surface area contributed by atoms with Crippen molar-refractivity contribution in [1.82, 2.24) is 34.3 Å². The van der Waals surface area contributed by atoms with Crippen molar-refractivity contribution in [3.05, 3.63) is 60.8 Å². The van der Waals surface area contributed by atoms with Gasteiger partial charge in [-0.15, -0.1) is 10.2 Å². The zero-order chi connectivity index (χ0) is 31.0. The largest absolute Gasteiger partial charge is 0.342 e. The van der Waals surface area contributed by atoms with Crippen molar-refractivity contribution >= 4 is 5.82 Å². The molecule has 1 aromatic carbocycles. The zero-order valence-corrected chi connectivity index (χ0v) is 15.2. The van der Waals surface area contributed by atoms with E-state index in [-0.39, 0.29) is 17.5 Å². The van der Waals surface area contributed by atoms with Crippen molar-refractivity contribution in [2.45, 2.75) is 39.0 Å². The van der Waals surface area contributed by atoms with Crippen LogP contribution in [0.2, 0.25) is 0 Å². The van der Waals surface area contributed by atoms with Gasteiger partial charge in [0.2, 0.25) is 5.95 Å². The van der Waals surface area contributed by atoms with E-state index in [0.717, 1.165) is 17.1 Å². The SMILES string of the molecule is [2H]C([2H])([2H])C([2H])([2H])[C@H]1c2nncn2-c2cnc(-n3ccnc3-c3cccc(F)c3)nc2N1C([2H])(C([2H])([2H])[2H])C([2H])([2H])[2H]. The van der Waals surface area contributed by atoms with Gasteiger partial charge in [0, 0.05) is 39.1 Å². The van der Waals surface area contributed by atoms with Crippen LogP contribution in [0.4, 0.5) is 10.2 Å². The van der Waals surface area contributed by atoms with E-state index in [0.29, 0.717) is 10.5 Å². The van der Waals surface area contributed by atoms with Gasteiger partial charge in [-0.1, -0.05) is 19.0 Å². The van der Waals surface area contributed by atoms with Crippen LogP contribution in [0.5, 0.6) is 0 Å². The quantitative estimate of drug-likeness (QED) is 0.504. The molecule has 0 N–H and O–H groups in total. The third-order valence-electron chi connectivity index (χ3n) is 4.62. The maximum Gasteiger partial charge on any atom is 0.237 e. The second kappa shape index (κ2) is 7.01. The van der Waals surface area contributed by atoms with Gasteiger partial charge in [0.05, 0.1) is 13.6 Å². The van der Waals surface area contributed by atoms with Crippen molar-refractivity contribution in [2.75, 3.05) is 4.90 Å². The summed E-state index contributed by atoms with van der Waals surface area (Å²) in [5.41, 5.74) is 0.157. The molecule has 3 aromatic heterocycles. The number of nitrogens with zero attached hydrogens (tertiary/aromatic N) is 8. The van der Waals surface area contributed by atoms with E-state index in [1.54, 1.807) is 6.07 Å². The van der Waals surface area contributed by atoms with Crippen molar-refractivity contribution in [3.63, 3.8) is 0 Å². The molecule has 5 rings (SSSR count). The number of fused-ring (bicyclic) bond motifs is 3. The molecule has 1 aliphatic rings. The molecule has 9 heteroatoms. The minimum atomic E-state index is -3.67. The molecular weight excluding hydrogens is 383 g/mol. The number of rotatable bonds is 4. The van der Waals surface area contributed by atoms with Crippen molar-refractivity contribution in [1.29, 1.82) is 0 Å². The molecule has 30 heavy (non-hydrogen) atoms. The fourth-order valence-corrected chi connectivity index (χ4v) is 3.34. The van der Waals surface area contributed by atoms with Crippen LogP contribution in [-0.4, -0.2) is 40.3 Å². The van der Waals surface area contributed by atoms with E-state index in [4.69, 9.17) is 16.4 Å². The minimum absolute atomic E-state index is 0.139. The highest BCUT2D eigenvalue weighted by Crippen LogP contribution is 2.39. The molecule has 0 fully saturated rings. The van der Waals surface area contributed by atoms with Gasteiger partial charge in [-0.2, -0.15) is 4.98 Å². The average Bonchev–Trinajstić information content (AvgIpc) is 3.55. The van der Waals surface area contributed by atoms with E-state index in [1.165, 1.54) is 35.2 Å². The highest BCUT2D eigenvalue weighted by atomic mass is 19.1. The Morgan fingerprint density at radius 1 is 1.30 bits per heavy atom. The maximum absolute atomic E-state index is 14.0. The third kappa shape index (κ3) is 2.77. The summed E-state index contributed by atoms with van der Waals surface area (Å²) in [6, 6.07) is -0.555. The Hall–Kier alpha value is -3.62. The Bertz CT molecular complexity index is 1630. The second-order valence-corrected chi connectivity index (χ2v) is 6.33. The summed E-state index contributed by atoms with van der Waals surface area (Å²) < 4.78 is 115. The molecule has 8 nitrogen and oxygen atoms in total. The lowest BCUT2D eigenvalue weighted by atomic mass is 10.1.